The molecule has 0 aromatic heterocycles. The number of halogens is 2. The summed E-state index contributed by atoms with van der Waals surface area (Å²) < 4.78 is 0. The lowest BCUT2D eigenvalue weighted by Gasteiger charge is -2.32. The van der Waals surface area contributed by atoms with Gasteiger partial charge in [0.05, 0.1) is 0 Å². The number of amides is 1. The van der Waals surface area contributed by atoms with E-state index in [1.54, 1.807) is 12.1 Å². The second-order valence-electron chi connectivity index (χ2n) is 4.57. The molecule has 1 atom stereocenters. The van der Waals surface area contributed by atoms with Crippen LogP contribution < -0.4 is 5.32 Å². The van der Waals surface area contributed by atoms with Crippen LogP contribution in [0.1, 0.15) is 22.8 Å². The van der Waals surface area contributed by atoms with E-state index in [0.717, 1.165) is 30.8 Å². The third-order valence-corrected chi connectivity index (χ3v) is 3.48. The molecule has 2 rings (SSSR count). The zero-order valence-electron chi connectivity index (χ0n) is 10.6. The Morgan fingerprint density at radius 3 is 2.83 bits per heavy atom. The molecule has 0 spiro atoms. The smallest absolute Gasteiger partial charge is 0.253 e. The number of aryl methyl sites for hydroxylation is 1. The molecule has 1 aromatic rings. The van der Waals surface area contributed by atoms with Gasteiger partial charge in [0.2, 0.25) is 0 Å². The van der Waals surface area contributed by atoms with Crippen molar-refractivity contribution in [2.75, 3.05) is 19.6 Å². The van der Waals surface area contributed by atoms with Crippen LogP contribution in [-0.4, -0.2) is 36.5 Å². The minimum absolute atomic E-state index is 0. The van der Waals surface area contributed by atoms with Gasteiger partial charge in [-0.2, -0.15) is 0 Å². The number of hydrogen-bond donors (Lipinski definition) is 1. The van der Waals surface area contributed by atoms with Crippen LogP contribution in [0.5, 0.6) is 0 Å². The molecule has 1 N–H and O–H groups in total. The number of carbonyl (C=O) groups is 1. The topological polar surface area (TPSA) is 32.3 Å². The van der Waals surface area contributed by atoms with E-state index in [9.17, 15) is 4.79 Å². The average molecular weight is 289 g/mol. The molecule has 1 fully saturated rings. The van der Waals surface area contributed by atoms with Crippen molar-refractivity contribution >= 4 is 29.9 Å². The largest absolute Gasteiger partial charge is 0.336 e. The van der Waals surface area contributed by atoms with Crippen LogP contribution in [-0.2, 0) is 0 Å². The van der Waals surface area contributed by atoms with E-state index < -0.39 is 0 Å². The molecule has 100 valence electrons. The molecule has 1 amide bonds. The lowest BCUT2D eigenvalue weighted by atomic mass is 10.1. The third kappa shape index (κ3) is 3.37. The Hall–Kier alpha value is -0.770. The first-order valence-electron chi connectivity index (χ1n) is 5.87. The number of rotatable bonds is 1. The van der Waals surface area contributed by atoms with E-state index in [1.807, 2.05) is 17.9 Å². The van der Waals surface area contributed by atoms with Crippen molar-refractivity contribution in [2.24, 2.45) is 0 Å². The summed E-state index contributed by atoms with van der Waals surface area (Å²) in [6.07, 6.45) is 0. The Labute approximate surface area is 119 Å². The highest BCUT2D eigenvalue weighted by Gasteiger charge is 2.21. The number of nitrogens with one attached hydrogen (secondary N) is 1. The number of carbonyl (C=O) groups excluding carboxylic acids is 1. The van der Waals surface area contributed by atoms with E-state index in [4.69, 9.17) is 11.6 Å². The van der Waals surface area contributed by atoms with Gasteiger partial charge in [-0.05, 0) is 37.6 Å². The molecular weight excluding hydrogens is 271 g/mol. The molecule has 18 heavy (non-hydrogen) atoms. The van der Waals surface area contributed by atoms with Gasteiger partial charge < -0.3 is 10.2 Å². The lowest BCUT2D eigenvalue weighted by molar-refractivity contribution is 0.0709. The molecule has 3 nitrogen and oxygen atoms in total. The average Bonchev–Trinajstić information content (AvgIpc) is 2.32. The molecule has 1 aromatic carbocycles. The fraction of sp³-hybridized carbons (Fsp3) is 0.462. The Morgan fingerprint density at radius 1 is 1.50 bits per heavy atom. The summed E-state index contributed by atoms with van der Waals surface area (Å²) in [4.78, 5) is 14.2. The molecule has 1 aliphatic rings. The summed E-state index contributed by atoms with van der Waals surface area (Å²) in [5.41, 5.74) is 1.67. The maximum absolute atomic E-state index is 12.3. The van der Waals surface area contributed by atoms with Gasteiger partial charge in [-0.25, -0.2) is 0 Å². The van der Waals surface area contributed by atoms with Gasteiger partial charge in [0.25, 0.3) is 5.91 Å². The Kier molecular flexibility index (Phi) is 5.45. The number of benzene rings is 1. The summed E-state index contributed by atoms with van der Waals surface area (Å²) >= 11 is 5.96. The van der Waals surface area contributed by atoms with Crippen LogP contribution in [0.2, 0.25) is 5.02 Å². The van der Waals surface area contributed by atoms with Crippen LogP contribution in [0.4, 0.5) is 0 Å². The van der Waals surface area contributed by atoms with Gasteiger partial charge in [0, 0.05) is 36.3 Å². The van der Waals surface area contributed by atoms with Gasteiger partial charge in [-0.1, -0.05) is 11.6 Å². The molecule has 0 bridgehead atoms. The van der Waals surface area contributed by atoms with Gasteiger partial charge >= 0.3 is 0 Å². The molecular formula is C13H18Cl2N2O. The summed E-state index contributed by atoms with van der Waals surface area (Å²) in [5, 5.41) is 4.03. The molecule has 0 unspecified atom stereocenters. The first-order valence-corrected chi connectivity index (χ1v) is 6.24. The summed E-state index contributed by atoms with van der Waals surface area (Å²) in [5.74, 6) is 0.0955. The highest BCUT2D eigenvalue weighted by atomic mass is 35.5. The van der Waals surface area contributed by atoms with E-state index >= 15 is 0 Å². The van der Waals surface area contributed by atoms with Crippen molar-refractivity contribution in [1.82, 2.24) is 10.2 Å². The summed E-state index contributed by atoms with van der Waals surface area (Å²) in [6.45, 7) is 6.40. The van der Waals surface area contributed by atoms with Crippen LogP contribution in [0.3, 0.4) is 0 Å². The van der Waals surface area contributed by atoms with Gasteiger partial charge in [0.15, 0.2) is 0 Å². The minimum Gasteiger partial charge on any atom is -0.336 e. The highest BCUT2D eigenvalue weighted by Crippen LogP contribution is 2.17. The maximum atomic E-state index is 12.3. The van der Waals surface area contributed by atoms with Crippen LogP contribution in [0, 0.1) is 6.92 Å². The molecule has 1 saturated heterocycles. The number of nitrogens with zero attached hydrogens (tertiary/aromatic N) is 1. The lowest BCUT2D eigenvalue weighted by Crippen LogP contribution is -2.51. The predicted molar refractivity (Wildman–Crippen MR) is 76.8 cm³/mol. The van der Waals surface area contributed by atoms with Gasteiger partial charge in [-0.15, -0.1) is 12.4 Å². The van der Waals surface area contributed by atoms with Crippen molar-refractivity contribution in [3.8, 4) is 0 Å². The van der Waals surface area contributed by atoms with E-state index in [2.05, 4.69) is 12.2 Å². The minimum atomic E-state index is 0. The summed E-state index contributed by atoms with van der Waals surface area (Å²) in [6, 6.07) is 5.80. The van der Waals surface area contributed by atoms with Crippen LogP contribution >= 0.6 is 24.0 Å². The zero-order valence-corrected chi connectivity index (χ0v) is 12.1. The fourth-order valence-electron chi connectivity index (χ4n) is 2.08. The maximum Gasteiger partial charge on any atom is 0.253 e. The van der Waals surface area contributed by atoms with Crippen molar-refractivity contribution in [3.05, 3.63) is 34.3 Å². The molecule has 1 aliphatic heterocycles. The second-order valence-corrected chi connectivity index (χ2v) is 4.98. The standard InChI is InChI=1S/C13H17ClN2O.ClH/c1-9-7-11(3-4-12(9)14)13(17)16-6-5-15-10(2)8-16;/h3-4,7,10,15H,5-6,8H2,1-2H3;1H/t10-;/m1./s1. The van der Waals surface area contributed by atoms with E-state index in [1.165, 1.54) is 0 Å². The number of piperazine rings is 1. The highest BCUT2D eigenvalue weighted by molar-refractivity contribution is 6.31. The van der Waals surface area contributed by atoms with E-state index in [-0.39, 0.29) is 18.3 Å². The van der Waals surface area contributed by atoms with Gasteiger partial charge in [0.1, 0.15) is 0 Å². The predicted octanol–water partition coefficient (Wildman–Crippen LogP) is 2.50. The van der Waals surface area contributed by atoms with Crippen molar-refractivity contribution < 1.29 is 4.79 Å². The zero-order chi connectivity index (χ0) is 12.4. The van der Waals surface area contributed by atoms with Gasteiger partial charge in [-0.3, -0.25) is 4.79 Å². The fourth-order valence-corrected chi connectivity index (χ4v) is 2.19. The summed E-state index contributed by atoms with van der Waals surface area (Å²) in [7, 11) is 0. The monoisotopic (exact) mass is 288 g/mol. The molecule has 0 aliphatic carbocycles. The number of hydrogen-bond acceptors (Lipinski definition) is 2. The Morgan fingerprint density at radius 2 is 2.22 bits per heavy atom. The molecule has 0 saturated carbocycles. The van der Waals surface area contributed by atoms with Crippen molar-refractivity contribution in [3.63, 3.8) is 0 Å². The van der Waals surface area contributed by atoms with E-state index in [0.29, 0.717) is 11.1 Å². The normalized spacial score (nSPS) is 19.3. The SMILES string of the molecule is Cc1cc(C(=O)N2CCN[C@H](C)C2)ccc1Cl.Cl. The van der Waals surface area contributed by atoms with Crippen LogP contribution in [0.25, 0.3) is 0 Å². The third-order valence-electron chi connectivity index (χ3n) is 3.06. The Bertz CT molecular complexity index is 437. The van der Waals surface area contributed by atoms with Crippen molar-refractivity contribution in [2.45, 2.75) is 19.9 Å². The second kappa shape index (κ2) is 6.41. The molecule has 1 heterocycles. The quantitative estimate of drug-likeness (QED) is 0.861. The first-order chi connectivity index (χ1) is 8.08. The molecule has 0 radical (unpaired) electrons. The van der Waals surface area contributed by atoms with Crippen molar-refractivity contribution in [1.29, 1.82) is 0 Å². The first kappa shape index (κ1) is 15.3. The van der Waals surface area contributed by atoms with Crippen LogP contribution in [0.15, 0.2) is 18.2 Å². The Balaban J connectivity index is 0.00000162. The molecule has 5 heteroatoms.